The molecule has 18 heavy (non-hydrogen) atoms. The van der Waals surface area contributed by atoms with Crippen molar-refractivity contribution in [3.05, 3.63) is 41.7 Å². The fourth-order valence-electron chi connectivity index (χ4n) is 2.09. The molecule has 0 amide bonds. The lowest BCUT2D eigenvalue weighted by Crippen LogP contribution is -2.16. The second kappa shape index (κ2) is 5.67. The van der Waals surface area contributed by atoms with E-state index in [9.17, 15) is 9.18 Å². The lowest BCUT2D eigenvalue weighted by Gasteiger charge is -2.19. The molecule has 0 fully saturated rings. The van der Waals surface area contributed by atoms with E-state index in [1.807, 2.05) is 0 Å². The topological polar surface area (TPSA) is 49.3 Å². The van der Waals surface area contributed by atoms with Crippen molar-refractivity contribution in [3.8, 4) is 0 Å². The third-order valence-electron chi connectivity index (χ3n) is 3.17. The van der Waals surface area contributed by atoms with Crippen LogP contribution in [0.2, 0.25) is 0 Å². The number of carbonyl (C=O) groups is 1. The highest BCUT2D eigenvalue weighted by Gasteiger charge is 2.12. The SMILES string of the molecule is O=C(O)c1ccc(F)c(NCC2CC=CCC2)c1. The van der Waals surface area contributed by atoms with Crippen molar-refractivity contribution in [1.82, 2.24) is 0 Å². The van der Waals surface area contributed by atoms with Crippen LogP contribution in [0.1, 0.15) is 29.6 Å². The minimum Gasteiger partial charge on any atom is -0.478 e. The van der Waals surface area contributed by atoms with Gasteiger partial charge >= 0.3 is 5.97 Å². The van der Waals surface area contributed by atoms with Crippen LogP contribution in [0.4, 0.5) is 10.1 Å². The van der Waals surface area contributed by atoms with Crippen LogP contribution >= 0.6 is 0 Å². The van der Waals surface area contributed by atoms with Gasteiger partial charge in [-0.05, 0) is 43.4 Å². The fourth-order valence-corrected chi connectivity index (χ4v) is 2.09. The Bertz CT molecular complexity index is 471. The Morgan fingerprint density at radius 2 is 2.28 bits per heavy atom. The summed E-state index contributed by atoms with van der Waals surface area (Å²) in [5.41, 5.74) is 0.367. The van der Waals surface area contributed by atoms with E-state index >= 15 is 0 Å². The number of carboxylic acids is 1. The molecule has 0 aromatic heterocycles. The number of benzene rings is 1. The average Bonchev–Trinajstić information content (AvgIpc) is 2.38. The molecule has 2 rings (SSSR count). The van der Waals surface area contributed by atoms with Gasteiger partial charge in [0, 0.05) is 6.54 Å². The molecule has 0 bridgehead atoms. The van der Waals surface area contributed by atoms with Crippen molar-refractivity contribution in [2.45, 2.75) is 19.3 Å². The Labute approximate surface area is 105 Å². The molecular formula is C14H16FNO2. The molecule has 0 heterocycles. The van der Waals surface area contributed by atoms with E-state index < -0.39 is 11.8 Å². The predicted octanol–water partition coefficient (Wildman–Crippen LogP) is 3.29. The summed E-state index contributed by atoms with van der Waals surface area (Å²) < 4.78 is 13.5. The third-order valence-corrected chi connectivity index (χ3v) is 3.17. The number of halogens is 1. The van der Waals surface area contributed by atoms with E-state index in [1.54, 1.807) is 0 Å². The number of allylic oxidation sites excluding steroid dienone is 2. The van der Waals surface area contributed by atoms with Crippen molar-refractivity contribution in [3.63, 3.8) is 0 Å². The number of carboxylic acid groups (broad SMARTS) is 1. The molecule has 0 aliphatic heterocycles. The molecule has 1 aromatic rings. The van der Waals surface area contributed by atoms with Crippen molar-refractivity contribution < 1.29 is 14.3 Å². The summed E-state index contributed by atoms with van der Waals surface area (Å²) in [4.78, 5) is 10.8. The smallest absolute Gasteiger partial charge is 0.335 e. The fraction of sp³-hybridized carbons (Fsp3) is 0.357. The Balaban J connectivity index is 2.01. The van der Waals surface area contributed by atoms with Crippen LogP contribution in [0, 0.1) is 11.7 Å². The van der Waals surface area contributed by atoms with Crippen molar-refractivity contribution >= 4 is 11.7 Å². The molecule has 1 aliphatic rings. The van der Waals surface area contributed by atoms with Crippen LogP contribution < -0.4 is 5.32 Å². The van der Waals surface area contributed by atoms with Gasteiger partial charge in [-0.3, -0.25) is 0 Å². The average molecular weight is 249 g/mol. The van der Waals surface area contributed by atoms with Gasteiger partial charge in [0.25, 0.3) is 0 Å². The largest absolute Gasteiger partial charge is 0.478 e. The summed E-state index contributed by atoms with van der Waals surface area (Å²) in [6.45, 7) is 0.671. The van der Waals surface area contributed by atoms with Gasteiger partial charge in [0.2, 0.25) is 0 Å². The normalized spacial score (nSPS) is 18.6. The Kier molecular flexibility index (Phi) is 3.97. The van der Waals surface area contributed by atoms with Gasteiger partial charge < -0.3 is 10.4 Å². The molecular weight excluding hydrogens is 233 g/mol. The maximum Gasteiger partial charge on any atom is 0.335 e. The van der Waals surface area contributed by atoms with Crippen LogP contribution in [-0.4, -0.2) is 17.6 Å². The van der Waals surface area contributed by atoms with Gasteiger partial charge in [-0.15, -0.1) is 0 Å². The number of hydrogen-bond donors (Lipinski definition) is 2. The van der Waals surface area contributed by atoms with Crippen LogP contribution in [0.25, 0.3) is 0 Å². The summed E-state index contributed by atoms with van der Waals surface area (Å²) in [5.74, 6) is -0.965. The van der Waals surface area contributed by atoms with E-state index in [0.29, 0.717) is 12.5 Å². The molecule has 1 aromatic carbocycles. The lowest BCUT2D eigenvalue weighted by atomic mass is 9.94. The summed E-state index contributed by atoms with van der Waals surface area (Å²) in [5, 5.41) is 11.9. The molecule has 0 spiro atoms. The van der Waals surface area contributed by atoms with E-state index in [0.717, 1.165) is 19.3 Å². The van der Waals surface area contributed by atoms with Crippen LogP contribution in [0.5, 0.6) is 0 Å². The molecule has 1 atom stereocenters. The molecule has 1 aliphatic carbocycles. The molecule has 4 heteroatoms. The van der Waals surface area contributed by atoms with Crippen molar-refractivity contribution in [2.24, 2.45) is 5.92 Å². The first-order valence-corrected chi connectivity index (χ1v) is 6.08. The van der Waals surface area contributed by atoms with Gasteiger partial charge in [-0.1, -0.05) is 12.2 Å². The third kappa shape index (κ3) is 3.09. The van der Waals surface area contributed by atoms with E-state index in [4.69, 9.17) is 5.11 Å². The highest BCUT2D eigenvalue weighted by Crippen LogP contribution is 2.21. The highest BCUT2D eigenvalue weighted by atomic mass is 19.1. The van der Waals surface area contributed by atoms with Crippen molar-refractivity contribution in [1.29, 1.82) is 0 Å². The van der Waals surface area contributed by atoms with Gasteiger partial charge in [0.15, 0.2) is 0 Å². The Hall–Kier alpha value is -1.84. The summed E-state index contributed by atoms with van der Waals surface area (Å²) >= 11 is 0. The Morgan fingerprint density at radius 3 is 2.94 bits per heavy atom. The molecule has 0 saturated carbocycles. The highest BCUT2D eigenvalue weighted by molar-refractivity contribution is 5.88. The van der Waals surface area contributed by atoms with Crippen LogP contribution in [0.3, 0.4) is 0 Å². The van der Waals surface area contributed by atoms with E-state index in [-0.39, 0.29) is 11.3 Å². The second-order valence-corrected chi connectivity index (χ2v) is 4.53. The number of nitrogens with one attached hydrogen (secondary N) is 1. The number of hydrogen-bond acceptors (Lipinski definition) is 2. The van der Waals surface area contributed by atoms with Gasteiger partial charge in [-0.25, -0.2) is 9.18 Å². The standard InChI is InChI=1S/C14H16FNO2/c15-12-7-6-11(14(17)18)8-13(12)16-9-10-4-2-1-3-5-10/h1-2,6-8,10,16H,3-5,9H2,(H,17,18). The first kappa shape index (κ1) is 12.6. The van der Waals surface area contributed by atoms with Gasteiger partial charge in [0.05, 0.1) is 11.3 Å². The van der Waals surface area contributed by atoms with Crippen LogP contribution in [0.15, 0.2) is 30.4 Å². The van der Waals surface area contributed by atoms with E-state index in [2.05, 4.69) is 17.5 Å². The van der Waals surface area contributed by atoms with Crippen LogP contribution in [-0.2, 0) is 0 Å². The first-order chi connectivity index (χ1) is 8.66. The maximum absolute atomic E-state index is 13.5. The minimum absolute atomic E-state index is 0.0995. The first-order valence-electron chi connectivity index (χ1n) is 6.08. The molecule has 96 valence electrons. The molecule has 0 saturated heterocycles. The van der Waals surface area contributed by atoms with Gasteiger partial charge in [0.1, 0.15) is 5.82 Å². The molecule has 1 unspecified atom stereocenters. The second-order valence-electron chi connectivity index (χ2n) is 4.53. The summed E-state index contributed by atoms with van der Waals surface area (Å²) in [6, 6.07) is 3.80. The zero-order valence-electron chi connectivity index (χ0n) is 10.0. The Morgan fingerprint density at radius 1 is 1.44 bits per heavy atom. The maximum atomic E-state index is 13.5. The van der Waals surface area contributed by atoms with Gasteiger partial charge in [-0.2, -0.15) is 0 Å². The lowest BCUT2D eigenvalue weighted by molar-refractivity contribution is 0.0697. The summed E-state index contributed by atoms with van der Waals surface area (Å²) in [6.07, 6.45) is 7.43. The number of aromatic carboxylic acids is 1. The molecule has 2 N–H and O–H groups in total. The number of rotatable bonds is 4. The summed E-state index contributed by atoms with van der Waals surface area (Å²) in [7, 11) is 0. The minimum atomic E-state index is -1.04. The monoisotopic (exact) mass is 249 g/mol. The zero-order chi connectivity index (χ0) is 13.0. The zero-order valence-corrected chi connectivity index (χ0v) is 10.0. The van der Waals surface area contributed by atoms with E-state index in [1.165, 1.54) is 18.2 Å². The quantitative estimate of drug-likeness (QED) is 0.805. The molecule has 0 radical (unpaired) electrons. The predicted molar refractivity (Wildman–Crippen MR) is 68.3 cm³/mol. The molecule has 3 nitrogen and oxygen atoms in total. The number of anilines is 1. The van der Waals surface area contributed by atoms with Crippen molar-refractivity contribution in [2.75, 3.05) is 11.9 Å².